The first kappa shape index (κ1) is 15.0. The third kappa shape index (κ3) is 4.62. The summed E-state index contributed by atoms with van der Waals surface area (Å²) >= 11 is 13.8. The van der Waals surface area contributed by atoms with Crippen molar-refractivity contribution in [3.8, 4) is 0 Å². The molecule has 3 nitrogen and oxygen atoms in total. The van der Waals surface area contributed by atoms with Gasteiger partial charge < -0.3 is 0 Å². The zero-order valence-corrected chi connectivity index (χ0v) is 13.1. The number of amides is 1. The molecule has 94 valence electrons. The Bertz CT molecular complexity index is 424. The minimum atomic E-state index is -0.348. The van der Waals surface area contributed by atoms with E-state index in [1.807, 2.05) is 36.4 Å². The van der Waals surface area contributed by atoms with Crippen molar-refractivity contribution in [2.24, 2.45) is 5.92 Å². The molecule has 0 spiro atoms. The van der Waals surface area contributed by atoms with Gasteiger partial charge in [0.2, 0.25) is 0 Å². The molecule has 6 heteroatoms. The van der Waals surface area contributed by atoms with Crippen molar-refractivity contribution < 1.29 is 9.63 Å². The van der Waals surface area contributed by atoms with Gasteiger partial charge in [0.05, 0.1) is 17.2 Å². The van der Waals surface area contributed by atoms with Gasteiger partial charge in [-0.25, -0.2) is 5.48 Å². The Morgan fingerprint density at radius 3 is 2.71 bits per heavy atom. The van der Waals surface area contributed by atoms with Crippen LogP contribution >= 0.6 is 45.8 Å². The summed E-state index contributed by atoms with van der Waals surface area (Å²) in [7, 11) is 0. The van der Waals surface area contributed by atoms with Gasteiger partial charge in [0.1, 0.15) is 0 Å². The van der Waals surface area contributed by atoms with E-state index in [1.54, 1.807) is 12.1 Å². The molecular weight excluding hydrogens is 376 g/mol. The van der Waals surface area contributed by atoms with Gasteiger partial charge in [-0.05, 0) is 40.6 Å². The standard InChI is InChI=1S/C11H12Cl2INO2/c1-6(2)5-17-15-11(16)8-3-7(12)4-9(13)10(8)14/h3-4,6H,5H2,1-2H3,(H,15,16). The predicted octanol–water partition coefficient (Wildman–Crippen LogP) is 3.92. The number of rotatable bonds is 4. The smallest absolute Gasteiger partial charge is 0.273 e. The maximum absolute atomic E-state index is 11.8. The van der Waals surface area contributed by atoms with Crippen molar-refractivity contribution in [2.45, 2.75) is 13.8 Å². The van der Waals surface area contributed by atoms with Crippen LogP contribution in [0.15, 0.2) is 12.1 Å². The van der Waals surface area contributed by atoms with E-state index in [9.17, 15) is 4.79 Å². The molecule has 0 aliphatic heterocycles. The molecule has 0 unspecified atom stereocenters. The van der Waals surface area contributed by atoms with E-state index >= 15 is 0 Å². The Balaban J connectivity index is 2.75. The molecule has 1 aromatic carbocycles. The van der Waals surface area contributed by atoms with Crippen LogP contribution in [0.25, 0.3) is 0 Å². The molecule has 17 heavy (non-hydrogen) atoms. The van der Waals surface area contributed by atoms with Gasteiger partial charge in [0.25, 0.3) is 5.91 Å². The van der Waals surface area contributed by atoms with Crippen molar-refractivity contribution >= 4 is 51.7 Å². The fourth-order valence-electron chi connectivity index (χ4n) is 1.05. The molecule has 0 aliphatic rings. The van der Waals surface area contributed by atoms with Crippen LogP contribution in [0.5, 0.6) is 0 Å². The summed E-state index contributed by atoms with van der Waals surface area (Å²) in [6, 6.07) is 3.15. The summed E-state index contributed by atoms with van der Waals surface area (Å²) in [4.78, 5) is 16.9. The zero-order valence-electron chi connectivity index (χ0n) is 9.39. The molecule has 1 N–H and O–H groups in total. The lowest BCUT2D eigenvalue weighted by Gasteiger charge is -2.10. The molecule has 0 radical (unpaired) electrons. The molecule has 1 aromatic rings. The highest BCUT2D eigenvalue weighted by atomic mass is 127. The summed E-state index contributed by atoms with van der Waals surface area (Å²) in [5.74, 6) is -0.00299. The number of hydroxylamine groups is 1. The van der Waals surface area contributed by atoms with Gasteiger partial charge in [-0.15, -0.1) is 0 Å². The average Bonchev–Trinajstić information content (AvgIpc) is 2.22. The number of hydrogen-bond acceptors (Lipinski definition) is 2. The zero-order chi connectivity index (χ0) is 13.0. The van der Waals surface area contributed by atoms with Gasteiger partial charge >= 0.3 is 0 Å². The minimum absolute atomic E-state index is 0.345. The highest BCUT2D eigenvalue weighted by molar-refractivity contribution is 14.1. The van der Waals surface area contributed by atoms with Crippen molar-refractivity contribution in [1.29, 1.82) is 0 Å². The van der Waals surface area contributed by atoms with Crippen molar-refractivity contribution in [1.82, 2.24) is 5.48 Å². The third-order valence-electron chi connectivity index (χ3n) is 1.82. The fraction of sp³-hybridized carbons (Fsp3) is 0.364. The third-order valence-corrected chi connectivity index (χ3v) is 3.82. The van der Waals surface area contributed by atoms with Crippen LogP contribution in [-0.4, -0.2) is 12.5 Å². The maximum Gasteiger partial charge on any atom is 0.276 e. The van der Waals surface area contributed by atoms with Crippen LogP contribution in [0, 0.1) is 9.49 Å². The molecular formula is C11H12Cl2INO2. The molecule has 1 rings (SSSR count). The second-order valence-corrected chi connectivity index (χ2v) is 5.81. The molecule has 0 atom stereocenters. The monoisotopic (exact) mass is 387 g/mol. The Morgan fingerprint density at radius 2 is 2.12 bits per heavy atom. The van der Waals surface area contributed by atoms with Crippen LogP contribution in [0.1, 0.15) is 24.2 Å². The molecule has 0 heterocycles. The largest absolute Gasteiger partial charge is 0.276 e. The lowest BCUT2D eigenvalue weighted by atomic mass is 10.2. The van der Waals surface area contributed by atoms with E-state index in [4.69, 9.17) is 28.0 Å². The Hall–Kier alpha value is -0.0400. The molecule has 0 saturated carbocycles. The number of nitrogens with one attached hydrogen (secondary N) is 1. The maximum atomic E-state index is 11.8. The van der Waals surface area contributed by atoms with E-state index in [0.29, 0.717) is 31.7 Å². The van der Waals surface area contributed by atoms with Crippen LogP contribution in [0.4, 0.5) is 0 Å². The summed E-state index contributed by atoms with van der Waals surface area (Å²) < 4.78 is 0.652. The van der Waals surface area contributed by atoms with Crippen molar-refractivity contribution in [3.05, 3.63) is 31.3 Å². The topological polar surface area (TPSA) is 38.3 Å². The number of carbonyl (C=O) groups excluding carboxylic acids is 1. The lowest BCUT2D eigenvalue weighted by Crippen LogP contribution is -2.26. The Labute approximate surface area is 124 Å². The van der Waals surface area contributed by atoms with E-state index in [2.05, 4.69) is 5.48 Å². The SMILES string of the molecule is CC(C)CONC(=O)c1cc(Cl)cc(Cl)c1I. The van der Waals surface area contributed by atoms with Gasteiger partial charge in [-0.2, -0.15) is 0 Å². The first-order chi connectivity index (χ1) is 7.91. The molecule has 0 aromatic heterocycles. The van der Waals surface area contributed by atoms with Crippen LogP contribution < -0.4 is 5.48 Å². The number of hydrogen-bond donors (Lipinski definition) is 1. The second-order valence-electron chi connectivity index (χ2n) is 3.89. The van der Waals surface area contributed by atoms with E-state index < -0.39 is 0 Å². The quantitative estimate of drug-likeness (QED) is 0.483. The normalized spacial score (nSPS) is 10.7. The first-order valence-electron chi connectivity index (χ1n) is 4.98. The number of halogens is 3. The Kier molecular flexibility index (Phi) is 5.99. The minimum Gasteiger partial charge on any atom is -0.273 e. The number of carbonyl (C=O) groups is 1. The van der Waals surface area contributed by atoms with Crippen LogP contribution in [0.3, 0.4) is 0 Å². The van der Waals surface area contributed by atoms with E-state index in [-0.39, 0.29) is 5.91 Å². The highest BCUT2D eigenvalue weighted by Gasteiger charge is 2.14. The van der Waals surface area contributed by atoms with E-state index in [0.717, 1.165) is 0 Å². The van der Waals surface area contributed by atoms with Crippen molar-refractivity contribution in [2.75, 3.05) is 6.61 Å². The molecule has 0 saturated heterocycles. The molecule has 0 aliphatic carbocycles. The van der Waals surface area contributed by atoms with Crippen molar-refractivity contribution in [3.63, 3.8) is 0 Å². The van der Waals surface area contributed by atoms with Gasteiger partial charge in [-0.1, -0.05) is 37.0 Å². The van der Waals surface area contributed by atoms with Crippen LogP contribution in [0.2, 0.25) is 10.0 Å². The van der Waals surface area contributed by atoms with Gasteiger partial charge in [0, 0.05) is 8.59 Å². The summed E-state index contributed by atoms with van der Waals surface area (Å²) in [5.41, 5.74) is 2.77. The van der Waals surface area contributed by atoms with Gasteiger partial charge in [-0.3, -0.25) is 9.63 Å². The predicted molar refractivity (Wildman–Crippen MR) is 77.4 cm³/mol. The highest BCUT2D eigenvalue weighted by Crippen LogP contribution is 2.26. The van der Waals surface area contributed by atoms with E-state index in [1.165, 1.54) is 0 Å². The summed E-state index contributed by atoms with van der Waals surface area (Å²) in [6.07, 6.45) is 0. The number of benzene rings is 1. The lowest BCUT2D eigenvalue weighted by molar-refractivity contribution is 0.0208. The molecule has 0 fully saturated rings. The van der Waals surface area contributed by atoms with Crippen LogP contribution in [-0.2, 0) is 4.84 Å². The first-order valence-corrected chi connectivity index (χ1v) is 6.82. The average molecular weight is 388 g/mol. The molecule has 1 amide bonds. The fourth-order valence-corrected chi connectivity index (χ4v) is 2.10. The van der Waals surface area contributed by atoms with Gasteiger partial charge in [0.15, 0.2) is 0 Å². The molecule has 0 bridgehead atoms. The second kappa shape index (κ2) is 6.78. The summed E-state index contributed by atoms with van der Waals surface area (Å²) in [6.45, 7) is 4.44. The Morgan fingerprint density at radius 1 is 1.47 bits per heavy atom. The summed E-state index contributed by atoms with van der Waals surface area (Å²) in [5, 5.41) is 0.872.